The van der Waals surface area contributed by atoms with Gasteiger partial charge >= 0.3 is 0 Å². The molecule has 0 unspecified atom stereocenters. The molecule has 0 amide bonds. The van der Waals surface area contributed by atoms with Crippen molar-refractivity contribution in [2.24, 2.45) is 17.8 Å². The van der Waals surface area contributed by atoms with Gasteiger partial charge in [-0.25, -0.2) is 0 Å². The predicted octanol–water partition coefficient (Wildman–Crippen LogP) is 7.08. The molecule has 1 aromatic rings. The molecule has 0 aliphatic carbocycles. The lowest BCUT2D eigenvalue weighted by Crippen LogP contribution is -2.57. The molecule has 3 aliphatic heterocycles. The highest BCUT2D eigenvalue weighted by Crippen LogP contribution is 2.37. The highest BCUT2D eigenvalue weighted by Gasteiger charge is 2.39. The minimum atomic E-state index is 0.153. The third kappa shape index (κ3) is 11.1. The van der Waals surface area contributed by atoms with Crippen LogP contribution in [0.4, 0.5) is 11.9 Å². The zero-order valence-corrected chi connectivity index (χ0v) is 30.6. The minimum absolute atomic E-state index is 0.153. The van der Waals surface area contributed by atoms with E-state index in [0.29, 0.717) is 17.8 Å². The molecule has 0 bridgehead atoms. The largest absolute Gasteiger partial charge is 0.354 e. The average molecular weight is 613 g/mol. The van der Waals surface area contributed by atoms with E-state index in [4.69, 9.17) is 15.0 Å². The van der Waals surface area contributed by atoms with Gasteiger partial charge in [0, 0.05) is 52.7 Å². The summed E-state index contributed by atoms with van der Waals surface area (Å²) in [6.45, 7) is 29.8. The predicted molar refractivity (Wildman–Crippen MR) is 186 cm³/mol. The Hall–Kier alpha value is -1.51. The van der Waals surface area contributed by atoms with Gasteiger partial charge in [-0.05, 0) is 159 Å². The number of hydrogen-bond donors (Lipinski definition) is 5. The van der Waals surface area contributed by atoms with Crippen LogP contribution in [-0.4, -0.2) is 61.3 Å². The molecule has 0 saturated carbocycles. The van der Waals surface area contributed by atoms with E-state index in [1.807, 2.05) is 0 Å². The molecule has 44 heavy (non-hydrogen) atoms. The molecule has 3 fully saturated rings. The van der Waals surface area contributed by atoms with Crippen LogP contribution < -0.4 is 26.6 Å². The Bertz CT molecular complexity index is 995. The van der Waals surface area contributed by atoms with Crippen LogP contribution in [0.25, 0.3) is 0 Å². The van der Waals surface area contributed by atoms with E-state index in [9.17, 15) is 0 Å². The number of aromatic nitrogens is 3. The molecule has 1 aromatic heterocycles. The number of nitrogens with one attached hydrogen (secondary N) is 5. The van der Waals surface area contributed by atoms with Gasteiger partial charge in [0.25, 0.3) is 0 Å². The SMILES string of the molecule is CC1(C)CC(CCNc2nc(CCC3CC(C)(C)NC(C)(C)C3)nc(NCCC3CC(C)(C)NC(C)(C)C3)n2)CC(C)(C)N1. The van der Waals surface area contributed by atoms with Crippen LogP contribution in [0.2, 0.25) is 0 Å². The lowest BCUT2D eigenvalue weighted by molar-refractivity contribution is 0.123. The van der Waals surface area contributed by atoms with E-state index in [-0.39, 0.29) is 33.2 Å². The Morgan fingerprint density at radius 2 is 0.773 bits per heavy atom. The third-order valence-electron chi connectivity index (χ3n) is 9.95. The summed E-state index contributed by atoms with van der Waals surface area (Å²) in [6, 6.07) is 0. The summed E-state index contributed by atoms with van der Waals surface area (Å²) in [6.07, 6.45) is 11.4. The minimum Gasteiger partial charge on any atom is -0.354 e. The van der Waals surface area contributed by atoms with Crippen LogP contribution >= 0.6 is 0 Å². The van der Waals surface area contributed by atoms with Crippen LogP contribution in [0, 0.1) is 17.8 Å². The molecular formula is C36H68N8. The van der Waals surface area contributed by atoms with Gasteiger partial charge in [-0.2, -0.15) is 15.0 Å². The van der Waals surface area contributed by atoms with Crippen LogP contribution in [0.15, 0.2) is 0 Å². The summed E-state index contributed by atoms with van der Waals surface area (Å²) >= 11 is 0. The number of hydrogen-bond acceptors (Lipinski definition) is 8. The standard InChI is InChI=1S/C36H68N8/c1-31(2)19-25(20-32(3,4)42-31)13-14-28-39-29(37-17-15-26-21-33(5,6)43-34(7,8)22-26)41-30(40-28)38-18-16-27-23-35(9,10)44-36(11,12)24-27/h25-27,42-44H,13-24H2,1-12H3,(H2,37,38,39,40,41). The molecule has 4 heterocycles. The van der Waals surface area contributed by atoms with Crippen molar-refractivity contribution in [3.63, 3.8) is 0 Å². The normalized spacial score (nSPS) is 26.3. The smallest absolute Gasteiger partial charge is 0.227 e. The van der Waals surface area contributed by atoms with Gasteiger partial charge in [0.1, 0.15) is 5.82 Å². The van der Waals surface area contributed by atoms with Crippen molar-refractivity contribution in [2.75, 3.05) is 23.7 Å². The second-order valence-electron chi connectivity index (χ2n) is 18.9. The highest BCUT2D eigenvalue weighted by atomic mass is 15.2. The first kappa shape index (κ1) is 35.3. The lowest BCUT2D eigenvalue weighted by atomic mass is 9.74. The van der Waals surface area contributed by atoms with E-state index >= 15 is 0 Å². The second-order valence-corrected chi connectivity index (χ2v) is 18.9. The molecule has 0 radical (unpaired) electrons. The zero-order valence-electron chi connectivity index (χ0n) is 30.6. The first-order valence-corrected chi connectivity index (χ1v) is 17.7. The summed E-state index contributed by atoms with van der Waals surface area (Å²) in [5.74, 6) is 4.37. The van der Waals surface area contributed by atoms with Gasteiger partial charge < -0.3 is 26.6 Å². The molecule has 8 heteroatoms. The third-order valence-corrected chi connectivity index (χ3v) is 9.95. The first-order chi connectivity index (χ1) is 20.1. The fourth-order valence-electron chi connectivity index (χ4n) is 10.0. The molecule has 8 nitrogen and oxygen atoms in total. The molecule has 0 atom stereocenters. The average Bonchev–Trinajstić information content (AvgIpc) is 2.77. The quantitative estimate of drug-likeness (QED) is 0.181. The number of anilines is 2. The van der Waals surface area contributed by atoms with Gasteiger partial charge in [-0.1, -0.05) is 0 Å². The van der Waals surface area contributed by atoms with Gasteiger partial charge in [-0.15, -0.1) is 0 Å². The van der Waals surface area contributed by atoms with Crippen LogP contribution in [0.3, 0.4) is 0 Å². The fourth-order valence-corrected chi connectivity index (χ4v) is 10.0. The topological polar surface area (TPSA) is 98.8 Å². The van der Waals surface area contributed by atoms with Gasteiger partial charge in [0.05, 0.1) is 0 Å². The zero-order chi connectivity index (χ0) is 32.6. The van der Waals surface area contributed by atoms with Crippen molar-refractivity contribution in [3.8, 4) is 0 Å². The summed E-state index contributed by atoms with van der Waals surface area (Å²) in [5.41, 5.74) is 0.975. The van der Waals surface area contributed by atoms with Crippen molar-refractivity contribution in [1.82, 2.24) is 30.9 Å². The molecule has 252 valence electrons. The Labute approximate surface area is 270 Å². The Morgan fingerprint density at radius 3 is 1.09 bits per heavy atom. The van der Waals surface area contributed by atoms with Gasteiger partial charge in [0.15, 0.2) is 0 Å². The van der Waals surface area contributed by atoms with Crippen molar-refractivity contribution in [2.45, 2.75) is 181 Å². The molecule has 4 rings (SSSR count). The molecule has 3 saturated heterocycles. The monoisotopic (exact) mass is 613 g/mol. The Kier molecular flexibility index (Phi) is 10.4. The van der Waals surface area contributed by atoms with Crippen LogP contribution in [0.5, 0.6) is 0 Å². The maximum Gasteiger partial charge on any atom is 0.227 e. The number of nitrogens with zero attached hydrogens (tertiary/aromatic N) is 3. The van der Waals surface area contributed by atoms with Crippen LogP contribution in [-0.2, 0) is 6.42 Å². The molecule has 0 spiro atoms. The fraction of sp³-hybridized carbons (Fsp3) is 0.917. The van der Waals surface area contributed by atoms with Crippen molar-refractivity contribution < 1.29 is 0 Å². The molecule has 0 aromatic carbocycles. The number of piperidine rings is 3. The van der Waals surface area contributed by atoms with Crippen molar-refractivity contribution in [3.05, 3.63) is 5.82 Å². The highest BCUT2D eigenvalue weighted by molar-refractivity contribution is 5.34. The molecular weight excluding hydrogens is 544 g/mol. The van der Waals surface area contributed by atoms with Crippen molar-refractivity contribution in [1.29, 1.82) is 0 Å². The Morgan fingerprint density at radius 1 is 0.477 bits per heavy atom. The second kappa shape index (κ2) is 12.9. The van der Waals surface area contributed by atoms with E-state index in [1.54, 1.807) is 0 Å². The van der Waals surface area contributed by atoms with E-state index < -0.39 is 0 Å². The van der Waals surface area contributed by atoms with Gasteiger partial charge in [0.2, 0.25) is 11.9 Å². The van der Waals surface area contributed by atoms with Crippen molar-refractivity contribution >= 4 is 11.9 Å². The van der Waals surface area contributed by atoms with E-state index in [2.05, 4.69) is 110 Å². The van der Waals surface area contributed by atoms with E-state index in [1.165, 1.54) is 38.5 Å². The number of aryl methyl sites for hydroxylation is 1. The van der Waals surface area contributed by atoms with Gasteiger partial charge in [-0.3, -0.25) is 0 Å². The summed E-state index contributed by atoms with van der Waals surface area (Å²) in [4.78, 5) is 14.8. The Balaban J connectivity index is 1.41. The maximum absolute atomic E-state index is 4.96. The van der Waals surface area contributed by atoms with Crippen LogP contribution in [0.1, 0.15) is 147 Å². The lowest BCUT2D eigenvalue weighted by Gasteiger charge is -2.46. The van der Waals surface area contributed by atoms with E-state index in [0.717, 1.165) is 56.5 Å². The summed E-state index contributed by atoms with van der Waals surface area (Å²) in [7, 11) is 0. The summed E-state index contributed by atoms with van der Waals surface area (Å²) in [5, 5.41) is 18.7. The number of rotatable bonds is 11. The summed E-state index contributed by atoms with van der Waals surface area (Å²) < 4.78 is 0. The first-order valence-electron chi connectivity index (χ1n) is 17.7. The maximum atomic E-state index is 4.96. The molecule has 5 N–H and O–H groups in total. The molecule has 3 aliphatic rings.